The fraction of sp³-hybridized carbons (Fsp3) is 0.556. The zero-order chi connectivity index (χ0) is 17.5. The van der Waals surface area contributed by atoms with E-state index in [4.69, 9.17) is 0 Å². The van der Waals surface area contributed by atoms with Gasteiger partial charge in [-0.2, -0.15) is 0 Å². The average Bonchev–Trinajstić information content (AvgIpc) is 2.58. The first kappa shape index (κ1) is 18.1. The number of hydrogen-bond acceptors (Lipinski definition) is 3. The molecule has 0 aromatic heterocycles. The summed E-state index contributed by atoms with van der Waals surface area (Å²) in [4.78, 5) is 17.8. The highest BCUT2D eigenvalue weighted by atomic mass is 16.2. The summed E-state index contributed by atoms with van der Waals surface area (Å²) in [7, 11) is 1.78. The Bertz CT molecular complexity index is 567. The van der Waals surface area contributed by atoms with Crippen molar-refractivity contribution < 1.29 is 4.79 Å². The first-order valence-electron chi connectivity index (χ1n) is 8.57. The van der Waals surface area contributed by atoms with Gasteiger partial charge in [0.15, 0.2) is 5.96 Å². The maximum Gasteiger partial charge on any atom is 0.239 e. The number of carbonyl (C=O) groups is 1. The largest absolute Gasteiger partial charge is 0.360 e. The van der Waals surface area contributed by atoms with E-state index in [1.54, 1.807) is 7.05 Å². The van der Waals surface area contributed by atoms with E-state index in [9.17, 15) is 4.79 Å². The van der Waals surface area contributed by atoms with E-state index in [1.165, 1.54) is 5.56 Å². The van der Waals surface area contributed by atoms with Gasteiger partial charge in [-0.1, -0.05) is 26.0 Å². The molecule has 132 valence electrons. The molecule has 1 amide bonds. The Morgan fingerprint density at radius 2 is 2.00 bits per heavy atom. The third-order valence-electron chi connectivity index (χ3n) is 4.39. The van der Waals surface area contributed by atoms with Crippen molar-refractivity contribution in [3.05, 3.63) is 29.8 Å². The normalized spacial score (nSPS) is 16.8. The van der Waals surface area contributed by atoms with Gasteiger partial charge < -0.3 is 20.9 Å². The van der Waals surface area contributed by atoms with Crippen LogP contribution in [0.25, 0.3) is 0 Å². The van der Waals surface area contributed by atoms with Gasteiger partial charge in [-0.25, -0.2) is 0 Å². The van der Waals surface area contributed by atoms with Crippen LogP contribution in [-0.2, 0) is 11.3 Å². The van der Waals surface area contributed by atoms with Crippen molar-refractivity contribution in [3.8, 4) is 0 Å². The molecular weight excluding hydrogens is 302 g/mol. The number of nitrogens with zero attached hydrogens (tertiary/aromatic N) is 2. The van der Waals surface area contributed by atoms with E-state index in [0.29, 0.717) is 31.6 Å². The van der Waals surface area contributed by atoms with E-state index in [-0.39, 0.29) is 5.91 Å². The van der Waals surface area contributed by atoms with Gasteiger partial charge in [-0.3, -0.25) is 9.79 Å². The van der Waals surface area contributed by atoms with Gasteiger partial charge in [-0.15, -0.1) is 0 Å². The van der Waals surface area contributed by atoms with Crippen LogP contribution in [0.15, 0.2) is 29.3 Å². The van der Waals surface area contributed by atoms with Crippen LogP contribution in [0.2, 0.25) is 0 Å². The van der Waals surface area contributed by atoms with E-state index >= 15 is 0 Å². The van der Waals surface area contributed by atoms with Gasteiger partial charge in [0.25, 0.3) is 0 Å². The van der Waals surface area contributed by atoms with Crippen molar-refractivity contribution in [2.45, 2.75) is 33.4 Å². The van der Waals surface area contributed by atoms with Crippen molar-refractivity contribution >= 4 is 17.6 Å². The fourth-order valence-corrected chi connectivity index (χ4v) is 2.45. The van der Waals surface area contributed by atoms with Crippen molar-refractivity contribution in [1.82, 2.24) is 16.0 Å². The van der Waals surface area contributed by atoms with Gasteiger partial charge in [0.05, 0.1) is 6.54 Å². The first-order valence-corrected chi connectivity index (χ1v) is 8.57. The Balaban J connectivity index is 1.88. The monoisotopic (exact) mass is 331 g/mol. The van der Waals surface area contributed by atoms with Crippen molar-refractivity contribution in [1.29, 1.82) is 0 Å². The molecule has 1 unspecified atom stereocenters. The molecular formula is C18H29N5O. The minimum atomic E-state index is 0.0844. The predicted octanol–water partition coefficient (Wildman–Crippen LogP) is 1.33. The van der Waals surface area contributed by atoms with Gasteiger partial charge in [0.2, 0.25) is 5.91 Å². The quantitative estimate of drug-likeness (QED) is 0.562. The number of aliphatic imine (C=N–C) groups is 1. The lowest BCUT2D eigenvalue weighted by Crippen LogP contribution is -2.47. The van der Waals surface area contributed by atoms with E-state index in [1.807, 2.05) is 0 Å². The predicted molar refractivity (Wildman–Crippen MR) is 99.3 cm³/mol. The second-order valence-electron chi connectivity index (χ2n) is 6.54. The summed E-state index contributed by atoms with van der Waals surface area (Å²) in [5.41, 5.74) is 2.27. The maximum atomic E-state index is 11.5. The summed E-state index contributed by atoms with van der Waals surface area (Å²) >= 11 is 0. The first-order chi connectivity index (χ1) is 11.5. The second-order valence-corrected chi connectivity index (χ2v) is 6.54. The number of nitrogens with one attached hydrogen (secondary N) is 3. The van der Waals surface area contributed by atoms with Crippen LogP contribution in [0.4, 0.5) is 5.69 Å². The fourth-order valence-electron chi connectivity index (χ4n) is 2.45. The molecule has 3 N–H and O–H groups in total. The molecule has 0 bridgehead atoms. The minimum Gasteiger partial charge on any atom is -0.360 e. The maximum absolute atomic E-state index is 11.5. The Hall–Kier alpha value is -2.24. The van der Waals surface area contributed by atoms with Crippen LogP contribution in [0.1, 0.15) is 26.3 Å². The molecule has 24 heavy (non-hydrogen) atoms. The molecule has 1 heterocycles. The summed E-state index contributed by atoms with van der Waals surface area (Å²) in [6.45, 7) is 9.23. The van der Waals surface area contributed by atoms with Gasteiger partial charge in [-0.05, 0) is 30.5 Å². The van der Waals surface area contributed by atoms with Crippen LogP contribution in [-0.4, -0.2) is 44.6 Å². The summed E-state index contributed by atoms with van der Waals surface area (Å²) < 4.78 is 0. The number of anilines is 1. The highest BCUT2D eigenvalue weighted by Gasteiger charge is 2.16. The molecule has 0 radical (unpaired) electrons. The van der Waals surface area contributed by atoms with E-state index in [0.717, 1.165) is 18.2 Å². The summed E-state index contributed by atoms with van der Waals surface area (Å²) in [6, 6.07) is 8.69. The Morgan fingerprint density at radius 1 is 1.29 bits per heavy atom. The molecule has 0 aliphatic carbocycles. The zero-order valence-electron chi connectivity index (χ0n) is 15.1. The smallest absolute Gasteiger partial charge is 0.239 e. The van der Waals surface area contributed by atoms with Crippen molar-refractivity contribution in [2.24, 2.45) is 10.9 Å². The lowest BCUT2D eigenvalue weighted by molar-refractivity contribution is -0.120. The molecule has 1 aromatic rings. The number of benzene rings is 1. The SMILES string of the molecule is CN=C(NCc1ccc(N2CCNC(=O)C2)cc1)NC(C)C(C)C. The highest BCUT2D eigenvalue weighted by molar-refractivity contribution is 5.82. The van der Waals surface area contributed by atoms with E-state index < -0.39 is 0 Å². The molecule has 1 atom stereocenters. The van der Waals surface area contributed by atoms with Gasteiger partial charge in [0.1, 0.15) is 0 Å². The molecule has 1 aliphatic rings. The van der Waals surface area contributed by atoms with Crippen LogP contribution >= 0.6 is 0 Å². The molecule has 0 spiro atoms. The summed E-state index contributed by atoms with van der Waals surface area (Å²) in [5, 5.41) is 9.57. The van der Waals surface area contributed by atoms with Gasteiger partial charge >= 0.3 is 0 Å². The number of rotatable bonds is 5. The standard InChI is InChI=1S/C18H29N5O/c1-13(2)14(3)22-18(19-4)21-11-15-5-7-16(8-6-15)23-10-9-20-17(24)12-23/h5-8,13-14H,9-12H2,1-4H3,(H,20,24)(H2,19,21,22). The lowest BCUT2D eigenvalue weighted by atomic mass is 10.1. The number of hydrogen-bond donors (Lipinski definition) is 3. The number of carbonyl (C=O) groups excluding carboxylic acids is 1. The average molecular weight is 331 g/mol. The second kappa shape index (κ2) is 8.57. The van der Waals surface area contributed by atoms with Crippen LogP contribution in [0, 0.1) is 5.92 Å². The summed E-state index contributed by atoms with van der Waals surface area (Å²) in [6.07, 6.45) is 0. The molecule has 6 nitrogen and oxygen atoms in total. The zero-order valence-corrected chi connectivity index (χ0v) is 15.1. The minimum absolute atomic E-state index is 0.0844. The summed E-state index contributed by atoms with van der Waals surface area (Å²) in [5.74, 6) is 1.44. The Morgan fingerprint density at radius 3 is 2.58 bits per heavy atom. The molecule has 0 saturated carbocycles. The highest BCUT2D eigenvalue weighted by Crippen LogP contribution is 2.16. The topological polar surface area (TPSA) is 68.8 Å². The van der Waals surface area contributed by atoms with Gasteiger partial charge in [0, 0.05) is 38.4 Å². The number of amides is 1. The Kier molecular flexibility index (Phi) is 6.46. The Labute approximate surface area is 144 Å². The molecule has 1 fully saturated rings. The third-order valence-corrected chi connectivity index (χ3v) is 4.39. The van der Waals surface area contributed by atoms with Crippen LogP contribution in [0.3, 0.4) is 0 Å². The number of piperazine rings is 1. The molecule has 1 aromatic carbocycles. The van der Waals surface area contributed by atoms with Crippen molar-refractivity contribution in [3.63, 3.8) is 0 Å². The molecule has 2 rings (SSSR count). The van der Waals surface area contributed by atoms with Crippen LogP contribution in [0.5, 0.6) is 0 Å². The molecule has 1 aliphatic heterocycles. The van der Waals surface area contributed by atoms with Crippen LogP contribution < -0.4 is 20.9 Å². The lowest BCUT2D eigenvalue weighted by Gasteiger charge is -2.28. The molecule has 6 heteroatoms. The number of guanidine groups is 1. The molecule has 1 saturated heterocycles. The van der Waals surface area contributed by atoms with E-state index in [2.05, 4.69) is 70.9 Å². The van der Waals surface area contributed by atoms with Crippen molar-refractivity contribution in [2.75, 3.05) is 31.6 Å². The third kappa shape index (κ3) is 5.15.